The second kappa shape index (κ2) is 12.5. The van der Waals surface area contributed by atoms with Crippen molar-refractivity contribution >= 4 is 8.80 Å². The summed E-state index contributed by atoms with van der Waals surface area (Å²) >= 11 is 0. The molecule has 0 fully saturated rings. The van der Waals surface area contributed by atoms with Crippen LogP contribution >= 0.6 is 0 Å². The molecule has 0 spiro atoms. The first-order chi connectivity index (χ1) is 10.0. The Bertz CT molecular complexity index is 233. The molecule has 0 amide bonds. The molecule has 0 radical (unpaired) electrons. The smallest absolute Gasteiger partial charge is 0.395 e. The topological polar surface area (TPSA) is 71.4 Å². The number of aliphatic hydroxyl groups is 2. The molecule has 0 saturated heterocycles. The van der Waals surface area contributed by atoms with Gasteiger partial charge in [-0.15, -0.1) is 0 Å². The average molecular weight is 324 g/mol. The normalized spacial score (nSPS) is 13.9. The van der Waals surface area contributed by atoms with Gasteiger partial charge in [-0.1, -0.05) is 0 Å². The van der Waals surface area contributed by atoms with Crippen LogP contribution in [0.1, 0.15) is 33.6 Å². The van der Waals surface area contributed by atoms with Gasteiger partial charge in [0.15, 0.2) is 0 Å². The Kier molecular flexibility index (Phi) is 12.5. The Hall–Kier alpha value is -0.0231. The van der Waals surface area contributed by atoms with Crippen molar-refractivity contribution in [3.05, 3.63) is 0 Å². The van der Waals surface area contributed by atoms with Crippen LogP contribution in [0.25, 0.3) is 0 Å². The molecule has 0 aliphatic heterocycles. The van der Waals surface area contributed by atoms with Crippen LogP contribution in [0, 0.1) is 0 Å². The lowest BCUT2D eigenvalue weighted by Gasteiger charge is -2.29. The molecule has 1 unspecified atom stereocenters. The second-order valence-corrected chi connectivity index (χ2v) is 7.63. The molecule has 2 N–H and O–H groups in total. The lowest BCUT2D eigenvalue weighted by molar-refractivity contribution is 0.0396. The monoisotopic (exact) mass is 323 g/mol. The molecule has 128 valence electrons. The minimum absolute atomic E-state index is 0.0740. The minimum atomic E-state index is -2.51. The lowest BCUT2D eigenvalue weighted by Crippen LogP contribution is -2.45. The third-order valence-corrected chi connectivity index (χ3v) is 5.60. The molecular formula is C14H33NO5Si. The molecule has 0 rings (SSSR count). The van der Waals surface area contributed by atoms with Crippen LogP contribution in [0.3, 0.4) is 0 Å². The van der Waals surface area contributed by atoms with Crippen molar-refractivity contribution in [3.8, 4) is 0 Å². The van der Waals surface area contributed by atoms with Gasteiger partial charge in [0.05, 0.1) is 13.2 Å². The first-order valence-corrected chi connectivity index (χ1v) is 10.1. The molecule has 0 heterocycles. The summed E-state index contributed by atoms with van der Waals surface area (Å²) in [5, 5.41) is 17.9. The Morgan fingerprint density at radius 2 is 1.52 bits per heavy atom. The molecule has 0 aliphatic carbocycles. The van der Waals surface area contributed by atoms with E-state index in [4.69, 9.17) is 23.5 Å². The van der Waals surface area contributed by atoms with Gasteiger partial charge in [-0.05, 0) is 40.2 Å². The SMILES string of the molecule is CCO[Si](C)(OCC)OC(C)CCCN(CCO)CCO. The van der Waals surface area contributed by atoms with Crippen molar-refractivity contribution in [2.45, 2.75) is 46.3 Å². The highest BCUT2D eigenvalue weighted by Gasteiger charge is 2.35. The highest BCUT2D eigenvalue weighted by atomic mass is 28.4. The fraction of sp³-hybridized carbons (Fsp3) is 1.00. The van der Waals surface area contributed by atoms with E-state index in [0.29, 0.717) is 26.3 Å². The third-order valence-electron chi connectivity index (χ3n) is 3.15. The Morgan fingerprint density at radius 3 is 1.95 bits per heavy atom. The van der Waals surface area contributed by atoms with Crippen molar-refractivity contribution in [1.82, 2.24) is 4.90 Å². The quantitative estimate of drug-likeness (QED) is 0.467. The summed E-state index contributed by atoms with van der Waals surface area (Å²) < 4.78 is 17.3. The summed E-state index contributed by atoms with van der Waals surface area (Å²) in [6, 6.07) is 0. The summed E-state index contributed by atoms with van der Waals surface area (Å²) in [5.74, 6) is 0. The average Bonchev–Trinajstić information content (AvgIpc) is 2.39. The van der Waals surface area contributed by atoms with E-state index in [1.54, 1.807) is 0 Å². The zero-order valence-electron chi connectivity index (χ0n) is 14.0. The molecule has 0 aromatic rings. The molecule has 1 atom stereocenters. The number of aliphatic hydroxyl groups excluding tert-OH is 2. The second-order valence-electron chi connectivity index (χ2n) is 5.09. The molecule has 0 aromatic heterocycles. The highest BCUT2D eigenvalue weighted by molar-refractivity contribution is 6.59. The Morgan fingerprint density at radius 1 is 1.00 bits per heavy atom. The largest absolute Gasteiger partial charge is 0.497 e. The van der Waals surface area contributed by atoms with Crippen molar-refractivity contribution < 1.29 is 23.5 Å². The van der Waals surface area contributed by atoms with Crippen molar-refractivity contribution in [2.75, 3.05) is 46.1 Å². The fourth-order valence-corrected chi connectivity index (χ4v) is 4.40. The predicted octanol–water partition coefficient (Wildman–Crippen LogP) is 1.10. The molecular weight excluding hydrogens is 290 g/mol. The zero-order chi connectivity index (χ0) is 16.1. The first-order valence-electron chi connectivity index (χ1n) is 7.91. The summed E-state index contributed by atoms with van der Waals surface area (Å²) in [5.41, 5.74) is 0. The number of hydrogen-bond acceptors (Lipinski definition) is 6. The lowest BCUT2D eigenvalue weighted by atomic mass is 10.2. The molecule has 0 bridgehead atoms. The predicted molar refractivity (Wildman–Crippen MR) is 85.3 cm³/mol. The molecule has 0 aliphatic rings. The van der Waals surface area contributed by atoms with Gasteiger partial charge in [-0.3, -0.25) is 4.90 Å². The summed E-state index contributed by atoms with van der Waals surface area (Å²) in [6.07, 6.45) is 1.92. The molecule has 0 aromatic carbocycles. The van der Waals surface area contributed by atoms with Gasteiger partial charge in [-0.2, -0.15) is 0 Å². The van der Waals surface area contributed by atoms with Crippen LogP contribution < -0.4 is 0 Å². The minimum Gasteiger partial charge on any atom is -0.395 e. The molecule has 21 heavy (non-hydrogen) atoms. The maximum atomic E-state index is 8.97. The first kappa shape index (κ1) is 21.0. The molecule has 6 nitrogen and oxygen atoms in total. The highest BCUT2D eigenvalue weighted by Crippen LogP contribution is 2.15. The van der Waals surface area contributed by atoms with E-state index in [9.17, 15) is 0 Å². The van der Waals surface area contributed by atoms with Crippen LogP contribution in [-0.2, 0) is 13.3 Å². The van der Waals surface area contributed by atoms with Crippen molar-refractivity contribution in [2.24, 2.45) is 0 Å². The van der Waals surface area contributed by atoms with E-state index >= 15 is 0 Å². The number of nitrogens with zero attached hydrogens (tertiary/aromatic N) is 1. The van der Waals surface area contributed by atoms with Gasteiger partial charge < -0.3 is 23.5 Å². The van der Waals surface area contributed by atoms with Crippen molar-refractivity contribution in [3.63, 3.8) is 0 Å². The standard InChI is InChI=1S/C14H33NO5Si/c1-5-18-21(4,19-6-2)20-14(3)8-7-9-15(10-12-16)11-13-17/h14,16-17H,5-13H2,1-4H3. The van der Waals surface area contributed by atoms with E-state index in [2.05, 4.69) is 4.90 Å². The van der Waals surface area contributed by atoms with Crippen LogP contribution in [0.15, 0.2) is 0 Å². The van der Waals surface area contributed by atoms with Gasteiger partial charge in [0.2, 0.25) is 0 Å². The van der Waals surface area contributed by atoms with Crippen LogP contribution in [0.2, 0.25) is 6.55 Å². The Labute approximate surface area is 130 Å². The van der Waals surface area contributed by atoms with E-state index in [-0.39, 0.29) is 19.3 Å². The maximum absolute atomic E-state index is 8.97. The number of hydrogen-bond donors (Lipinski definition) is 2. The van der Waals surface area contributed by atoms with Gasteiger partial charge in [0, 0.05) is 39.0 Å². The van der Waals surface area contributed by atoms with Gasteiger partial charge in [0.25, 0.3) is 0 Å². The molecule has 0 saturated carbocycles. The number of rotatable bonds is 14. The summed E-state index contributed by atoms with van der Waals surface area (Å²) in [7, 11) is -2.51. The van der Waals surface area contributed by atoms with E-state index in [1.165, 1.54) is 0 Å². The zero-order valence-corrected chi connectivity index (χ0v) is 15.0. The maximum Gasteiger partial charge on any atom is 0.497 e. The van der Waals surface area contributed by atoms with Crippen LogP contribution in [0.5, 0.6) is 0 Å². The third kappa shape index (κ3) is 10.3. The van der Waals surface area contributed by atoms with E-state index in [1.807, 2.05) is 27.3 Å². The molecule has 7 heteroatoms. The summed E-state index contributed by atoms with van der Waals surface area (Å²) in [4.78, 5) is 2.05. The van der Waals surface area contributed by atoms with Crippen molar-refractivity contribution in [1.29, 1.82) is 0 Å². The van der Waals surface area contributed by atoms with E-state index < -0.39 is 8.80 Å². The van der Waals surface area contributed by atoms with E-state index in [0.717, 1.165) is 19.4 Å². The van der Waals surface area contributed by atoms with Crippen LogP contribution in [-0.4, -0.2) is 76.1 Å². The Balaban J connectivity index is 4.08. The van der Waals surface area contributed by atoms with Gasteiger partial charge in [0.1, 0.15) is 0 Å². The van der Waals surface area contributed by atoms with Gasteiger partial charge >= 0.3 is 8.80 Å². The summed E-state index contributed by atoms with van der Waals surface area (Å²) in [6.45, 7) is 11.3. The fourth-order valence-electron chi connectivity index (χ4n) is 2.28. The van der Waals surface area contributed by atoms with Crippen LogP contribution in [0.4, 0.5) is 0 Å². The van der Waals surface area contributed by atoms with Gasteiger partial charge in [-0.25, -0.2) is 0 Å².